The maximum atomic E-state index is 6.08. The van der Waals surface area contributed by atoms with Gasteiger partial charge in [-0.15, -0.1) is 11.6 Å². The van der Waals surface area contributed by atoms with Crippen molar-refractivity contribution in [2.45, 2.75) is 38.6 Å². The van der Waals surface area contributed by atoms with Gasteiger partial charge in [0.2, 0.25) is 0 Å². The summed E-state index contributed by atoms with van der Waals surface area (Å²) in [6, 6.07) is 4.75. The number of hydrogen-bond acceptors (Lipinski definition) is 2. The molecule has 1 unspecified atom stereocenters. The van der Waals surface area contributed by atoms with Crippen LogP contribution in [0.4, 0.5) is 0 Å². The fourth-order valence-corrected chi connectivity index (χ4v) is 3.02. The number of halogens is 1. The van der Waals surface area contributed by atoms with Crippen LogP contribution in [0.1, 0.15) is 35.8 Å². The number of imidazole rings is 1. The molecule has 3 nitrogen and oxygen atoms in total. The first kappa shape index (κ1) is 12.9. The van der Waals surface area contributed by atoms with Crippen molar-refractivity contribution in [1.82, 2.24) is 9.55 Å². The molecular formula is C15H19ClN2O. The Morgan fingerprint density at radius 2 is 2.16 bits per heavy atom. The second-order valence-corrected chi connectivity index (χ2v) is 5.60. The smallest absolute Gasteiger partial charge is 0.125 e. The van der Waals surface area contributed by atoms with Crippen molar-refractivity contribution in [3.05, 3.63) is 29.1 Å². The highest BCUT2D eigenvalue weighted by Gasteiger charge is 2.21. The molecule has 0 radical (unpaired) electrons. The molecule has 0 aliphatic carbocycles. The Morgan fingerprint density at radius 1 is 1.37 bits per heavy atom. The number of rotatable bonds is 2. The van der Waals surface area contributed by atoms with Crippen molar-refractivity contribution in [2.24, 2.45) is 0 Å². The number of aryl methyl sites for hydroxylation is 2. The van der Waals surface area contributed by atoms with E-state index in [1.165, 1.54) is 16.6 Å². The predicted molar refractivity (Wildman–Crippen MR) is 77.9 cm³/mol. The Morgan fingerprint density at radius 3 is 2.84 bits per heavy atom. The molecule has 3 rings (SSSR count). The first-order valence-corrected chi connectivity index (χ1v) is 7.36. The average Bonchev–Trinajstić information content (AvgIpc) is 2.78. The standard InChI is InChI=1S/C15H19ClN2O/c1-10-6-13-14(7-11(10)2)18(15(8-16)17-13)12-4-3-5-19-9-12/h6-7,12H,3-5,8-9H2,1-2H3. The van der Waals surface area contributed by atoms with E-state index in [0.29, 0.717) is 11.9 Å². The molecule has 1 aliphatic rings. The number of ether oxygens (including phenoxy) is 1. The summed E-state index contributed by atoms with van der Waals surface area (Å²) in [5.74, 6) is 1.40. The Labute approximate surface area is 118 Å². The lowest BCUT2D eigenvalue weighted by molar-refractivity contribution is 0.0597. The highest BCUT2D eigenvalue weighted by molar-refractivity contribution is 6.16. The average molecular weight is 279 g/mol. The van der Waals surface area contributed by atoms with Crippen LogP contribution in [-0.2, 0) is 10.6 Å². The topological polar surface area (TPSA) is 27.1 Å². The van der Waals surface area contributed by atoms with Crippen molar-refractivity contribution in [1.29, 1.82) is 0 Å². The van der Waals surface area contributed by atoms with Gasteiger partial charge in [0.25, 0.3) is 0 Å². The summed E-state index contributed by atoms with van der Waals surface area (Å²) in [5.41, 5.74) is 4.81. The second-order valence-electron chi connectivity index (χ2n) is 5.33. The third-order valence-corrected chi connectivity index (χ3v) is 4.24. The summed E-state index contributed by atoms with van der Waals surface area (Å²) < 4.78 is 7.90. The molecule has 1 aliphatic heterocycles. The number of alkyl halides is 1. The summed E-state index contributed by atoms with van der Waals surface area (Å²) in [4.78, 5) is 4.68. The number of hydrogen-bond donors (Lipinski definition) is 0. The van der Waals surface area contributed by atoms with Crippen LogP contribution < -0.4 is 0 Å². The van der Waals surface area contributed by atoms with E-state index in [1.54, 1.807) is 0 Å². The van der Waals surface area contributed by atoms with Gasteiger partial charge in [-0.05, 0) is 49.9 Å². The molecule has 19 heavy (non-hydrogen) atoms. The maximum absolute atomic E-state index is 6.08. The molecule has 4 heteroatoms. The summed E-state index contributed by atoms with van der Waals surface area (Å²) in [6.45, 7) is 5.90. The van der Waals surface area contributed by atoms with Crippen LogP contribution in [0, 0.1) is 13.8 Å². The van der Waals surface area contributed by atoms with Gasteiger partial charge < -0.3 is 9.30 Å². The minimum absolute atomic E-state index is 0.370. The van der Waals surface area contributed by atoms with E-state index in [-0.39, 0.29) is 0 Å². The van der Waals surface area contributed by atoms with Crippen LogP contribution in [0.5, 0.6) is 0 Å². The summed E-state index contributed by atoms with van der Waals surface area (Å²) in [6.07, 6.45) is 2.25. The zero-order valence-electron chi connectivity index (χ0n) is 11.4. The Kier molecular flexibility index (Phi) is 3.50. The molecule has 0 N–H and O–H groups in total. The molecule has 0 saturated carbocycles. The lowest BCUT2D eigenvalue weighted by atomic mass is 10.1. The van der Waals surface area contributed by atoms with Crippen LogP contribution in [0.15, 0.2) is 12.1 Å². The Hall–Kier alpha value is -1.06. The molecular weight excluding hydrogens is 260 g/mol. The molecule has 1 aromatic heterocycles. The summed E-state index contributed by atoms with van der Waals surface area (Å²) in [5, 5.41) is 0. The molecule has 0 spiro atoms. The molecule has 2 aromatic rings. The largest absolute Gasteiger partial charge is 0.379 e. The molecule has 1 saturated heterocycles. The number of nitrogens with zero attached hydrogens (tertiary/aromatic N) is 2. The van der Waals surface area contributed by atoms with E-state index in [4.69, 9.17) is 16.3 Å². The van der Waals surface area contributed by atoms with Crippen molar-refractivity contribution in [3.8, 4) is 0 Å². The molecule has 1 atom stereocenters. The van der Waals surface area contributed by atoms with Gasteiger partial charge in [-0.3, -0.25) is 0 Å². The molecule has 2 heterocycles. The first-order chi connectivity index (χ1) is 9.20. The lowest BCUT2D eigenvalue weighted by Gasteiger charge is -2.25. The number of fused-ring (bicyclic) bond motifs is 1. The van der Waals surface area contributed by atoms with E-state index in [1.807, 2.05) is 0 Å². The Bertz CT molecular complexity index is 600. The predicted octanol–water partition coefficient (Wildman–Crippen LogP) is 3.74. The van der Waals surface area contributed by atoms with Gasteiger partial charge in [-0.25, -0.2) is 4.98 Å². The Balaban J connectivity index is 2.16. The molecule has 0 amide bonds. The fourth-order valence-electron chi connectivity index (χ4n) is 2.83. The minimum atomic E-state index is 0.370. The third-order valence-electron chi connectivity index (χ3n) is 4.00. The van der Waals surface area contributed by atoms with E-state index in [2.05, 4.69) is 35.5 Å². The zero-order chi connectivity index (χ0) is 13.4. The van der Waals surface area contributed by atoms with Crippen LogP contribution in [-0.4, -0.2) is 22.8 Å². The van der Waals surface area contributed by atoms with Gasteiger partial charge in [-0.1, -0.05) is 0 Å². The van der Waals surface area contributed by atoms with Crippen LogP contribution in [0.2, 0.25) is 0 Å². The number of benzene rings is 1. The number of aromatic nitrogens is 2. The lowest BCUT2D eigenvalue weighted by Crippen LogP contribution is -2.22. The SMILES string of the molecule is Cc1cc2nc(CCl)n(C3CCCOC3)c2cc1C. The van der Waals surface area contributed by atoms with Gasteiger partial charge in [-0.2, -0.15) is 0 Å². The van der Waals surface area contributed by atoms with E-state index in [9.17, 15) is 0 Å². The first-order valence-electron chi connectivity index (χ1n) is 6.82. The van der Waals surface area contributed by atoms with Crippen LogP contribution >= 0.6 is 11.6 Å². The molecule has 1 fully saturated rings. The highest BCUT2D eigenvalue weighted by atomic mass is 35.5. The second kappa shape index (κ2) is 5.14. The van der Waals surface area contributed by atoms with Crippen molar-refractivity contribution in [3.63, 3.8) is 0 Å². The van der Waals surface area contributed by atoms with Crippen molar-refractivity contribution in [2.75, 3.05) is 13.2 Å². The zero-order valence-corrected chi connectivity index (χ0v) is 12.2. The normalized spacial score (nSPS) is 20.1. The van der Waals surface area contributed by atoms with Crippen molar-refractivity contribution < 1.29 is 4.74 Å². The monoisotopic (exact) mass is 278 g/mol. The highest BCUT2D eigenvalue weighted by Crippen LogP contribution is 2.29. The summed E-state index contributed by atoms with van der Waals surface area (Å²) in [7, 11) is 0. The van der Waals surface area contributed by atoms with Crippen LogP contribution in [0.25, 0.3) is 11.0 Å². The van der Waals surface area contributed by atoms with E-state index in [0.717, 1.165) is 37.4 Å². The van der Waals surface area contributed by atoms with Crippen molar-refractivity contribution >= 4 is 22.6 Å². The van der Waals surface area contributed by atoms with Gasteiger partial charge >= 0.3 is 0 Å². The van der Waals surface area contributed by atoms with E-state index >= 15 is 0 Å². The molecule has 1 aromatic carbocycles. The quantitative estimate of drug-likeness (QED) is 0.783. The third kappa shape index (κ3) is 2.26. The molecule has 0 bridgehead atoms. The summed E-state index contributed by atoms with van der Waals surface area (Å²) >= 11 is 6.08. The minimum Gasteiger partial charge on any atom is -0.379 e. The van der Waals surface area contributed by atoms with Gasteiger partial charge in [0.15, 0.2) is 0 Å². The molecule has 102 valence electrons. The van der Waals surface area contributed by atoms with E-state index < -0.39 is 0 Å². The van der Waals surface area contributed by atoms with Gasteiger partial charge in [0.1, 0.15) is 5.82 Å². The fraction of sp³-hybridized carbons (Fsp3) is 0.533. The van der Waals surface area contributed by atoms with Gasteiger partial charge in [0, 0.05) is 6.61 Å². The van der Waals surface area contributed by atoms with Gasteiger partial charge in [0.05, 0.1) is 29.6 Å². The van der Waals surface area contributed by atoms with Crippen LogP contribution in [0.3, 0.4) is 0 Å². The maximum Gasteiger partial charge on any atom is 0.125 e.